The maximum Gasteiger partial charge on any atom is 0.337 e. The van der Waals surface area contributed by atoms with Crippen LogP contribution < -0.4 is 15.0 Å². The Morgan fingerprint density at radius 1 is 1.06 bits per heavy atom. The van der Waals surface area contributed by atoms with Crippen molar-refractivity contribution < 1.29 is 33.4 Å². The van der Waals surface area contributed by atoms with Crippen LogP contribution in [0.3, 0.4) is 0 Å². The van der Waals surface area contributed by atoms with Crippen molar-refractivity contribution in [1.82, 2.24) is 0 Å². The summed E-state index contributed by atoms with van der Waals surface area (Å²) in [5.41, 5.74) is 2.06. The SMILES string of the molecule is COC(=O)CCC(=O)Nc1ccc2c(c1)N(Cc1cccc(C(=O)OC)c1)C(=O)CO2. The number of benzene rings is 2. The summed E-state index contributed by atoms with van der Waals surface area (Å²) >= 11 is 0. The molecule has 0 spiro atoms. The van der Waals surface area contributed by atoms with Crippen LogP contribution in [-0.2, 0) is 30.4 Å². The summed E-state index contributed by atoms with van der Waals surface area (Å²) in [6.45, 7) is 0.0916. The first kappa shape index (κ1) is 21.8. The van der Waals surface area contributed by atoms with Gasteiger partial charge in [0.1, 0.15) is 5.75 Å². The van der Waals surface area contributed by atoms with E-state index in [4.69, 9.17) is 9.47 Å². The zero-order chi connectivity index (χ0) is 22.4. The molecule has 1 heterocycles. The Morgan fingerprint density at radius 3 is 2.61 bits per heavy atom. The molecular weight excluding hydrogens is 404 g/mol. The summed E-state index contributed by atoms with van der Waals surface area (Å²) in [6.07, 6.45) is -0.0548. The zero-order valence-electron chi connectivity index (χ0n) is 17.2. The second kappa shape index (κ2) is 9.75. The first-order chi connectivity index (χ1) is 14.9. The Bertz CT molecular complexity index is 1020. The monoisotopic (exact) mass is 426 g/mol. The van der Waals surface area contributed by atoms with Gasteiger partial charge in [0.15, 0.2) is 6.61 Å². The fourth-order valence-electron chi connectivity index (χ4n) is 3.09. The number of hydrogen-bond acceptors (Lipinski definition) is 7. The number of ether oxygens (including phenoxy) is 3. The number of carbonyl (C=O) groups excluding carboxylic acids is 4. The van der Waals surface area contributed by atoms with Gasteiger partial charge >= 0.3 is 11.9 Å². The van der Waals surface area contributed by atoms with Crippen LogP contribution in [0.5, 0.6) is 5.75 Å². The smallest absolute Gasteiger partial charge is 0.337 e. The third kappa shape index (κ3) is 5.39. The lowest BCUT2D eigenvalue weighted by Crippen LogP contribution is -2.38. The van der Waals surface area contributed by atoms with E-state index in [1.54, 1.807) is 42.5 Å². The number of hydrogen-bond donors (Lipinski definition) is 1. The number of anilines is 2. The Labute approximate surface area is 178 Å². The highest BCUT2D eigenvalue weighted by Crippen LogP contribution is 2.35. The van der Waals surface area contributed by atoms with Crippen LogP contribution in [0.25, 0.3) is 0 Å². The average Bonchev–Trinajstić information content (AvgIpc) is 2.79. The highest BCUT2D eigenvalue weighted by atomic mass is 16.5. The molecule has 3 rings (SSSR count). The van der Waals surface area contributed by atoms with Crippen molar-refractivity contribution >= 4 is 35.1 Å². The second-order valence-corrected chi connectivity index (χ2v) is 6.77. The Balaban J connectivity index is 1.79. The van der Waals surface area contributed by atoms with E-state index in [2.05, 4.69) is 10.1 Å². The molecule has 0 unspecified atom stereocenters. The number of rotatable bonds is 7. The minimum absolute atomic E-state index is 0.0246. The van der Waals surface area contributed by atoms with Crippen molar-refractivity contribution in [3.8, 4) is 5.75 Å². The molecule has 9 heteroatoms. The van der Waals surface area contributed by atoms with E-state index in [9.17, 15) is 19.2 Å². The van der Waals surface area contributed by atoms with E-state index in [-0.39, 0.29) is 37.8 Å². The van der Waals surface area contributed by atoms with Crippen molar-refractivity contribution in [3.63, 3.8) is 0 Å². The van der Waals surface area contributed by atoms with Gasteiger partial charge in [-0.3, -0.25) is 14.4 Å². The van der Waals surface area contributed by atoms with Gasteiger partial charge in [-0.1, -0.05) is 12.1 Å². The van der Waals surface area contributed by atoms with Crippen molar-refractivity contribution in [1.29, 1.82) is 0 Å². The van der Waals surface area contributed by atoms with Crippen LogP contribution in [-0.4, -0.2) is 44.6 Å². The summed E-state index contributed by atoms with van der Waals surface area (Å²) in [6, 6.07) is 11.8. The summed E-state index contributed by atoms with van der Waals surface area (Å²) in [4.78, 5) is 49.2. The van der Waals surface area contributed by atoms with Crippen LogP contribution in [0.4, 0.5) is 11.4 Å². The van der Waals surface area contributed by atoms with Gasteiger partial charge < -0.3 is 24.4 Å². The Hall–Kier alpha value is -3.88. The molecule has 0 bridgehead atoms. The predicted molar refractivity (Wildman–Crippen MR) is 111 cm³/mol. The summed E-state index contributed by atoms with van der Waals surface area (Å²) in [5, 5.41) is 2.70. The highest BCUT2D eigenvalue weighted by molar-refractivity contribution is 6.00. The Kier molecular flexibility index (Phi) is 6.86. The quantitative estimate of drug-likeness (QED) is 0.676. The molecule has 0 saturated carbocycles. The molecule has 0 aliphatic carbocycles. The molecule has 1 aliphatic heterocycles. The van der Waals surface area contributed by atoms with E-state index in [0.717, 1.165) is 5.56 Å². The number of fused-ring (bicyclic) bond motifs is 1. The highest BCUT2D eigenvalue weighted by Gasteiger charge is 2.26. The molecule has 0 atom stereocenters. The van der Waals surface area contributed by atoms with Crippen LogP contribution in [0.15, 0.2) is 42.5 Å². The summed E-state index contributed by atoms with van der Waals surface area (Å²) in [7, 11) is 2.56. The first-order valence-corrected chi connectivity index (χ1v) is 9.52. The van der Waals surface area contributed by atoms with Crippen molar-refractivity contribution in [2.24, 2.45) is 0 Å². The predicted octanol–water partition coefficient (Wildman–Crippen LogP) is 2.29. The van der Waals surface area contributed by atoms with Crippen LogP contribution >= 0.6 is 0 Å². The van der Waals surface area contributed by atoms with Crippen LogP contribution in [0.2, 0.25) is 0 Å². The van der Waals surface area contributed by atoms with Gasteiger partial charge in [-0.25, -0.2) is 4.79 Å². The van der Waals surface area contributed by atoms with Crippen molar-refractivity contribution in [2.75, 3.05) is 31.0 Å². The lowest BCUT2D eigenvalue weighted by Gasteiger charge is -2.30. The molecule has 0 saturated heterocycles. The lowest BCUT2D eigenvalue weighted by molar-refractivity contribution is -0.141. The van der Waals surface area contributed by atoms with Gasteiger partial charge in [0, 0.05) is 12.1 Å². The molecule has 31 heavy (non-hydrogen) atoms. The number of esters is 2. The van der Waals surface area contributed by atoms with Crippen LogP contribution in [0, 0.1) is 0 Å². The molecule has 2 aromatic rings. The van der Waals surface area contributed by atoms with Gasteiger partial charge in [0.05, 0.1) is 38.4 Å². The van der Waals surface area contributed by atoms with Crippen LogP contribution in [0.1, 0.15) is 28.8 Å². The number of methoxy groups -OCH3 is 2. The number of nitrogens with one attached hydrogen (secondary N) is 1. The summed E-state index contributed by atoms with van der Waals surface area (Å²) < 4.78 is 14.8. The van der Waals surface area contributed by atoms with E-state index >= 15 is 0 Å². The molecule has 9 nitrogen and oxygen atoms in total. The largest absolute Gasteiger partial charge is 0.482 e. The third-order valence-corrected chi connectivity index (χ3v) is 4.66. The fourth-order valence-corrected chi connectivity index (χ4v) is 3.09. The second-order valence-electron chi connectivity index (χ2n) is 6.77. The first-order valence-electron chi connectivity index (χ1n) is 9.52. The molecule has 1 aliphatic rings. The summed E-state index contributed by atoms with van der Waals surface area (Å²) in [5.74, 6) is -1.06. The van der Waals surface area contributed by atoms with Gasteiger partial charge in [-0.05, 0) is 35.9 Å². The van der Waals surface area contributed by atoms with E-state index in [0.29, 0.717) is 22.7 Å². The molecule has 2 aromatic carbocycles. The molecular formula is C22H22N2O7. The Morgan fingerprint density at radius 2 is 1.87 bits per heavy atom. The maximum atomic E-state index is 12.6. The van der Waals surface area contributed by atoms with Gasteiger partial charge in [0.2, 0.25) is 5.91 Å². The standard InChI is InChI=1S/C22H22N2O7/c1-29-21(27)9-8-19(25)23-16-6-7-18-17(11-16)24(20(26)13-31-18)12-14-4-3-5-15(10-14)22(28)30-2/h3-7,10-11H,8-9,12-13H2,1-2H3,(H,23,25). The molecule has 0 radical (unpaired) electrons. The van der Waals surface area contributed by atoms with E-state index in [1.165, 1.54) is 19.1 Å². The minimum atomic E-state index is -0.472. The van der Waals surface area contributed by atoms with E-state index < -0.39 is 11.9 Å². The molecule has 0 aromatic heterocycles. The van der Waals surface area contributed by atoms with E-state index in [1.807, 2.05) is 0 Å². The van der Waals surface area contributed by atoms with Gasteiger partial charge in [-0.15, -0.1) is 0 Å². The normalized spacial score (nSPS) is 12.5. The van der Waals surface area contributed by atoms with Crippen molar-refractivity contribution in [2.45, 2.75) is 19.4 Å². The zero-order valence-corrected chi connectivity index (χ0v) is 17.2. The minimum Gasteiger partial charge on any atom is -0.482 e. The fraction of sp³-hybridized carbons (Fsp3) is 0.273. The lowest BCUT2D eigenvalue weighted by atomic mass is 10.1. The molecule has 1 N–H and O–H groups in total. The molecule has 2 amide bonds. The van der Waals surface area contributed by atoms with Gasteiger partial charge in [0.25, 0.3) is 5.91 Å². The van der Waals surface area contributed by atoms with Crippen molar-refractivity contribution in [3.05, 3.63) is 53.6 Å². The number of carbonyl (C=O) groups is 4. The molecule has 0 fully saturated rings. The average molecular weight is 426 g/mol. The number of nitrogens with zero attached hydrogens (tertiary/aromatic N) is 1. The maximum absolute atomic E-state index is 12.6. The third-order valence-electron chi connectivity index (χ3n) is 4.66. The van der Waals surface area contributed by atoms with Gasteiger partial charge in [-0.2, -0.15) is 0 Å². The topological polar surface area (TPSA) is 111 Å². The number of amides is 2. The molecule has 162 valence electrons.